The molecule has 0 amide bonds. The number of phenols is 2. The molecule has 1 heterocycles. The lowest BCUT2D eigenvalue weighted by molar-refractivity contribution is 0.134. The summed E-state index contributed by atoms with van der Waals surface area (Å²) >= 11 is -1.30. The third-order valence-corrected chi connectivity index (χ3v) is 5.96. The number of aliphatic hydroxyl groups is 1. The molecule has 5 nitrogen and oxygen atoms in total. The standard InChI is InChI=1S/C20H25NO4S.ClH/c1-26(25)19-12-14(5-11-18(19)23)20(24)17-10-7-15(21-17)6-2-13-3-8-16(22)9-4-13;/h3-5,8-9,11-12,15,17,20-24H,2,6-7,10H2,1H3;1H. The van der Waals surface area contributed by atoms with E-state index in [0.717, 1.165) is 25.7 Å². The first kappa shape index (κ1) is 21.9. The Kier molecular flexibility index (Phi) is 7.82. The number of benzene rings is 2. The smallest absolute Gasteiger partial charge is 0.194 e. The highest BCUT2D eigenvalue weighted by Crippen LogP contribution is 2.31. The lowest BCUT2D eigenvalue weighted by Gasteiger charge is -2.21. The van der Waals surface area contributed by atoms with Gasteiger partial charge in [0.15, 0.2) is 10.6 Å². The van der Waals surface area contributed by atoms with Crippen LogP contribution in [0.15, 0.2) is 47.4 Å². The van der Waals surface area contributed by atoms with E-state index in [1.54, 1.807) is 24.3 Å². The molecular weight excluding hydrogens is 386 g/mol. The first-order chi connectivity index (χ1) is 12.4. The molecule has 0 bridgehead atoms. The Morgan fingerprint density at radius 3 is 2.52 bits per heavy atom. The van der Waals surface area contributed by atoms with Gasteiger partial charge in [0.05, 0.1) is 6.10 Å². The number of aliphatic hydroxyl groups excluding tert-OH is 1. The average Bonchev–Trinajstić information content (AvgIpc) is 3.10. The quantitative estimate of drug-likeness (QED) is 0.548. The Balaban J connectivity index is 0.00000261. The van der Waals surface area contributed by atoms with E-state index in [9.17, 15) is 19.9 Å². The van der Waals surface area contributed by atoms with Crippen LogP contribution in [-0.2, 0) is 17.6 Å². The largest absolute Gasteiger partial charge is 0.612 e. The van der Waals surface area contributed by atoms with Crippen molar-refractivity contribution in [2.75, 3.05) is 6.26 Å². The third kappa shape index (κ3) is 5.53. The molecule has 1 saturated heterocycles. The Morgan fingerprint density at radius 1 is 1.15 bits per heavy atom. The summed E-state index contributed by atoms with van der Waals surface area (Å²) in [6.07, 6.45) is 4.55. The molecule has 0 aliphatic carbocycles. The summed E-state index contributed by atoms with van der Waals surface area (Å²) in [6, 6.07) is 12.3. The Morgan fingerprint density at radius 2 is 1.85 bits per heavy atom. The molecule has 2 aromatic carbocycles. The van der Waals surface area contributed by atoms with E-state index in [1.807, 2.05) is 12.1 Å². The Labute approximate surface area is 169 Å². The van der Waals surface area contributed by atoms with Gasteiger partial charge in [-0.2, -0.15) is 0 Å². The summed E-state index contributed by atoms with van der Waals surface area (Å²) in [7, 11) is 0. The predicted octanol–water partition coefficient (Wildman–Crippen LogP) is 3.04. The molecule has 4 atom stereocenters. The lowest BCUT2D eigenvalue weighted by atomic mass is 10.0. The molecule has 0 spiro atoms. The summed E-state index contributed by atoms with van der Waals surface area (Å²) in [5, 5.41) is 33.3. The van der Waals surface area contributed by atoms with Crippen LogP contribution in [0.25, 0.3) is 0 Å². The number of hydrogen-bond acceptors (Lipinski definition) is 5. The number of halogens is 1. The summed E-state index contributed by atoms with van der Waals surface area (Å²) in [4.78, 5) is 0.350. The van der Waals surface area contributed by atoms with Gasteiger partial charge in [-0.25, -0.2) is 0 Å². The fraction of sp³-hybridized carbons (Fsp3) is 0.400. The topological polar surface area (TPSA) is 95.8 Å². The van der Waals surface area contributed by atoms with Crippen LogP contribution < -0.4 is 5.32 Å². The second-order valence-electron chi connectivity index (χ2n) is 6.88. The number of hydrogen-bond donors (Lipinski definition) is 4. The van der Waals surface area contributed by atoms with Crippen molar-refractivity contribution in [1.82, 2.24) is 5.32 Å². The van der Waals surface area contributed by atoms with Crippen molar-refractivity contribution in [2.24, 2.45) is 0 Å². The average molecular weight is 412 g/mol. The third-order valence-electron chi connectivity index (χ3n) is 5.01. The molecule has 7 heteroatoms. The highest BCUT2D eigenvalue weighted by molar-refractivity contribution is 7.90. The van der Waals surface area contributed by atoms with Gasteiger partial charge in [0.2, 0.25) is 0 Å². The maximum Gasteiger partial charge on any atom is 0.194 e. The molecule has 0 saturated carbocycles. The molecule has 4 N–H and O–H groups in total. The first-order valence-corrected chi connectivity index (χ1v) is 10.4. The summed E-state index contributed by atoms with van der Waals surface area (Å²) in [5.74, 6) is 0.269. The van der Waals surface area contributed by atoms with E-state index in [2.05, 4.69) is 5.32 Å². The SMILES string of the molecule is C[S+]([O-])c1cc(C(O)C2CCC(CCc3ccc(O)cc3)N2)ccc1O.Cl. The van der Waals surface area contributed by atoms with E-state index in [1.165, 1.54) is 17.9 Å². The van der Waals surface area contributed by atoms with Crippen LogP contribution in [0.1, 0.15) is 36.5 Å². The van der Waals surface area contributed by atoms with Gasteiger partial charge < -0.3 is 25.2 Å². The maximum atomic E-state index is 11.7. The van der Waals surface area contributed by atoms with E-state index >= 15 is 0 Å². The lowest BCUT2D eigenvalue weighted by Crippen LogP contribution is -2.34. The predicted molar refractivity (Wildman–Crippen MR) is 109 cm³/mol. The number of rotatable bonds is 6. The summed E-state index contributed by atoms with van der Waals surface area (Å²) < 4.78 is 11.7. The van der Waals surface area contributed by atoms with E-state index in [0.29, 0.717) is 16.5 Å². The maximum absolute atomic E-state index is 11.7. The van der Waals surface area contributed by atoms with E-state index in [-0.39, 0.29) is 29.9 Å². The van der Waals surface area contributed by atoms with Crippen LogP contribution in [0, 0.1) is 0 Å². The zero-order valence-corrected chi connectivity index (χ0v) is 16.8. The molecule has 148 valence electrons. The number of aryl methyl sites for hydroxylation is 1. The molecule has 0 aromatic heterocycles. The van der Waals surface area contributed by atoms with Crippen LogP contribution in [0.4, 0.5) is 0 Å². The number of nitrogens with one attached hydrogen (secondary N) is 1. The van der Waals surface area contributed by atoms with Crippen LogP contribution >= 0.6 is 12.4 Å². The highest BCUT2D eigenvalue weighted by Gasteiger charge is 2.30. The van der Waals surface area contributed by atoms with Gasteiger partial charge in [-0.15, -0.1) is 12.4 Å². The monoisotopic (exact) mass is 411 g/mol. The van der Waals surface area contributed by atoms with Crippen LogP contribution in [-0.4, -0.2) is 38.2 Å². The zero-order chi connectivity index (χ0) is 18.7. The van der Waals surface area contributed by atoms with Gasteiger partial charge in [-0.05, 0) is 66.2 Å². The van der Waals surface area contributed by atoms with Gasteiger partial charge in [0, 0.05) is 18.2 Å². The fourth-order valence-corrected chi connectivity index (χ4v) is 4.17. The number of phenolic OH excluding ortho intramolecular Hbond substituents is 2. The Hall–Kier alpha value is -1.44. The molecule has 0 radical (unpaired) electrons. The normalized spacial score (nSPS) is 21.4. The summed E-state index contributed by atoms with van der Waals surface area (Å²) in [5.41, 5.74) is 1.85. The highest BCUT2D eigenvalue weighted by atomic mass is 35.5. The van der Waals surface area contributed by atoms with Crippen molar-refractivity contribution in [3.63, 3.8) is 0 Å². The van der Waals surface area contributed by atoms with Crippen molar-refractivity contribution >= 4 is 23.6 Å². The first-order valence-electron chi connectivity index (χ1n) is 8.82. The molecule has 1 aliphatic heterocycles. The van der Waals surface area contributed by atoms with Crippen molar-refractivity contribution in [3.8, 4) is 11.5 Å². The van der Waals surface area contributed by atoms with Crippen molar-refractivity contribution in [1.29, 1.82) is 0 Å². The van der Waals surface area contributed by atoms with Crippen molar-refractivity contribution in [2.45, 2.75) is 48.8 Å². The second-order valence-corrected chi connectivity index (χ2v) is 8.23. The minimum atomic E-state index is -1.30. The van der Waals surface area contributed by atoms with Crippen LogP contribution in [0.3, 0.4) is 0 Å². The Bertz CT molecular complexity index is 741. The van der Waals surface area contributed by atoms with Crippen LogP contribution in [0.2, 0.25) is 0 Å². The van der Waals surface area contributed by atoms with Gasteiger partial charge in [0.1, 0.15) is 12.0 Å². The fourth-order valence-electron chi connectivity index (χ4n) is 3.51. The van der Waals surface area contributed by atoms with Gasteiger partial charge in [-0.3, -0.25) is 0 Å². The molecule has 27 heavy (non-hydrogen) atoms. The minimum Gasteiger partial charge on any atom is -0.612 e. The zero-order valence-electron chi connectivity index (χ0n) is 15.2. The van der Waals surface area contributed by atoms with Gasteiger partial charge in [-0.1, -0.05) is 18.2 Å². The molecule has 1 aliphatic rings. The van der Waals surface area contributed by atoms with Crippen molar-refractivity contribution < 1.29 is 19.9 Å². The molecule has 1 fully saturated rings. The van der Waals surface area contributed by atoms with E-state index in [4.69, 9.17) is 0 Å². The number of aromatic hydroxyl groups is 2. The van der Waals surface area contributed by atoms with E-state index < -0.39 is 17.3 Å². The van der Waals surface area contributed by atoms with Gasteiger partial charge in [0.25, 0.3) is 0 Å². The molecule has 4 unspecified atom stereocenters. The molecular formula is C20H26ClNO4S. The molecule has 2 aromatic rings. The van der Waals surface area contributed by atoms with Crippen molar-refractivity contribution in [3.05, 3.63) is 53.6 Å². The van der Waals surface area contributed by atoms with Gasteiger partial charge >= 0.3 is 0 Å². The second kappa shape index (κ2) is 9.66. The summed E-state index contributed by atoms with van der Waals surface area (Å²) in [6.45, 7) is 0. The minimum absolute atomic E-state index is 0. The molecule has 3 rings (SSSR count). The van der Waals surface area contributed by atoms with Crippen LogP contribution in [0.5, 0.6) is 11.5 Å².